The maximum atomic E-state index is 12.6. The summed E-state index contributed by atoms with van der Waals surface area (Å²) in [5, 5.41) is 14.8. The van der Waals surface area contributed by atoms with Gasteiger partial charge in [-0.25, -0.2) is 10.9 Å². The summed E-state index contributed by atoms with van der Waals surface area (Å²) in [5.74, 6) is 1.43. The molecule has 2 bridgehead atoms. The Labute approximate surface area is 194 Å². The van der Waals surface area contributed by atoms with E-state index in [9.17, 15) is 9.90 Å². The topological polar surface area (TPSA) is 98.2 Å². The molecule has 4 N–H and O–H groups in total. The molecule has 1 heterocycles. The van der Waals surface area contributed by atoms with Crippen LogP contribution in [-0.2, 0) is 4.79 Å². The van der Waals surface area contributed by atoms with E-state index in [-0.39, 0.29) is 17.6 Å². The molecular formula is C23H31N5O3S. The van der Waals surface area contributed by atoms with Gasteiger partial charge in [-0.15, -0.1) is 0 Å². The molecule has 9 heteroatoms. The summed E-state index contributed by atoms with van der Waals surface area (Å²) in [5.41, 5.74) is 9.73. The Hall–Kier alpha value is -2.65. The first-order chi connectivity index (χ1) is 15.5. The highest BCUT2D eigenvalue weighted by molar-refractivity contribution is 7.80. The molecule has 0 aromatic heterocycles. The highest BCUT2D eigenvalue weighted by Crippen LogP contribution is 2.38. The van der Waals surface area contributed by atoms with Crippen LogP contribution in [-0.4, -0.2) is 53.5 Å². The Morgan fingerprint density at radius 2 is 2.16 bits per heavy atom. The number of hydrazone groups is 1. The van der Waals surface area contributed by atoms with Crippen LogP contribution in [0.15, 0.2) is 35.5 Å². The number of amides is 1. The molecule has 2 fully saturated rings. The van der Waals surface area contributed by atoms with E-state index in [0.29, 0.717) is 40.7 Å². The molecule has 4 rings (SSSR count). The number of hydrogen-bond donors (Lipinski definition) is 4. The Morgan fingerprint density at radius 3 is 2.91 bits per heavy atom. The second-order valence-electron chi connectivity index (χ2n) is 8.71. The van der Waals surface area contributed by atoms with E-state index in [0.717, 1.165) is 32.4 Å². The number of benzene rings is 1. The fourth-order valence-electron chi connectivity index (χ4n) is 4.81. The van der Waals surface area contributed by atoms with E-state index in [1.807, 2.05) is 0 Å². The van der Waals surface area contributed by atoms with Crippen molar-refractivity contribution in [2.24, 2.45) is 22.9 Å². The minimum absolute atomic E-state index is 0.00539. The zero-order valence-corrected chi connectivity index (χ0v) is 19.1. The fourth-order valence-corrected chi connectivity index (χ4v) is 5.05. The molecule has 1 aromatic rings. The summed E-state index contributed by atoms with van der Waals surface area (Å²) >= 11 is 5.59. The monoisotopic (exact) mass is 457 g/mol. The number of likely N-dealkylation sites (tertiary alicyclic amines) is 1. The Balaban J connectivity index is 1.22. The SMILES string of the molecule is COc1cccc(/C=N/NC(=O)[C@H]2CCCN(C(=S)NN[C@@H]3C[C@@H]4C=C[C@H]3C4)CC2)c1O. The Bertz CT molecular complexity index is 906. The lowest BCUT2D eigenvalue weighted by molar-refractivity contribution is -0.125. The van der Waals surface area contributed by atoms with Crippen molar-refractivity contribution in [3.63, 3.8) is 0 Å². The smallest absolute Gasteiger partial charge is 0.243 e. The number of hydrazine groups is 1. The number of allylic oxidation sites excluding steroid dienone is 1. The molecule has 2 aliphatic carbocycles. The van der Waals surface area contributed by atoms with Gasteiger partial charge in [-0.2, -0.15) is 5.10 Å². The van der Waals surface area contributed by atoms with Crippen LogP contribution in [0.5, 0.6) is 11.5 Å². The van der Waals surface area contributed by atoms with Gasteiger partial charge in [0, 0.05) is 30.6 Å². The van der Waals surface area contributed by atoms with Gasteiger partial charge in [0.15, 0.2) is 16.6 Å². The zero-order valence-electron chi connectivity index (χ0n) is 18.3. The van der Waals surface area contributed by atoms with E-state index < -0.39 is 0 Å². The Kier molecular flexibility index (Phi) is 7.26. The van der Waals surface area contributed by atoms with E-state index in [2.05, 4.69) is 38.4 Å². The fraction of sp³-hybridized carbons (Fsp3) is 0.522. The summed E-state index contributed by atoms with van der Waals surface area (Å²) in [6, 6.07) is 5.55. The average Bonchev–Trinajstić information content (AvgIpc) is 3.33. The van der Waals surface area contributed by atoms with Gasteiger partial charge in [-0.05, 0) is 68.3 Å². The van der Waals surface area contributed by atoms with E-state index in [1.54, 1.807) is 18.2 Å². The lowest BCUT2D eigenvalue weighted by Gasteiger charge is -2.27. The number of ether oxygens (including phenoxy) is 1. The first kappa shape index (κ1) is 22.5. The number of phenolic OH excluding ortho intramolecular Hbond substituents is 1. The van der Waals surface area contributed by atoms with Gasteiger partial charge >= 0.3 is 0 Å². The third-order valence-corrected chi connectivity index (χ3v) is 7.02. The number of para-hydroxylation sites is 1. The molecular weight excluding hydrogens is 426 g/mol. The average molecular weight is 458 g/mol. The van der Waals surface area contributed by atoms with Gasteiger partial charge in [0.2, 0.25) is 5.91 Å². The van der Waals surface area contributed by atoms with Crippen molar-refractivity contribution in [2.45, 2.75) is 38.1 Å². The van der Waals surface area contributed by atoms with Gasteiger partial charge in [0.05, 0.1) is 13.3 Å². The number of nitrogens with zero attached hydrogens (tertiary/aromatic N) is 2. The van der Waals surface area contributed by atoms with Crippen LogP contribution in [0, 0.1) is 17.8 Å². The standard InChI is InChI=1S/C23H31N5O3S/c1-31-20-6-2-4-18(21(20)29)14-24-26-22(30)16-5-3-10-28(11-9-16)23(32)27-25-19-13-15-7-8-17(19)12-15/h2,4,6-8,14-17,19,25,29H,3,5,9-13H2,1H3,(H,26,30)(H,27,32)/b24-14+/t15-,16+,17+,19-/m1/s1. The molecule has 1 amide bonds. The number of nitrogens with one attached hydrogen (secondary N) is 3. The van der Waals surface area contributed by atoms with E-state index in [4.69, 9.17) is 17.0 Å². The molecule has 32 heavy (non-hydrogen) atoms. The number of carbonyl (C=O) groups excluding carboxylic acids is 1. The van der Waals surface area contributed by atoms with Crippen molar-refractivity contribution in [1.82, 2.24) is 21.2 Å². The second kappa shape index (κ2) is 10.3. The number of rotatable bonds is 6. The van der Waals surface area contributed by atoms with Crippen molar-refractivity contribution in [2.75, 3.05) is 20.2 Å². The third kappa shape index (κ3) is 5.21. The highest BCUT2D eigenvalue weighted by atomic mass is 32.1. The first-order valence-corrected chi connectivity index (χ1v) is 11.6. The Morgan fingerprint density at radius 1 is 1.28 bits per heavy atom. The summed E-state index contributed by atoms with van der Waals surface area (Å²) < 4.78 is 5.08. The predicted molar refractivity (Wildman–Crippen MR) is 127 cm³/mol. The van der Waals surface area contributed by atoms with Crippen molar-refractivity contribution >= 4 is 29.5 Å². The predicted octanol–water partition coefficient (Wildman–Crippen LogP) is 2.30. The van der Waals surface area contributed by atoms with E-state index >= 15 is 0 Å². The lowest BCUT2D eigenvalue weighted by Crippen LogP contribution is -2.51. The quantitative estimate of drug-likeness (QED) is 0.225. The van der Waals surface area contributed by atoms with Crippen molar-refractivity contribution in [1.29, 1.82) is 0 Å². The number of methoxy groups -OCH3 is 1. The summed E-state index contributed by atoms with van der Waals surface area (Å²) in [6.45, 7) is 1.55. The number of aromatic hydroxyl groups is 1. The zero-order chi connectivity index (χ0) is 22.5. The lowest BCUT2D eigenvalue weighted by atomic mass is 10.0. The second-order valence-corrected chi connectivity index (χ2v) is 9.10. The summed E-state index contributed by atoms with van der Waals surface area (Å²) in [7, 11) is 1.49. The highest BCUT2D eigenvalue weighted by Gasteiger charge is 2.35. The normalized spacial score (nSPS) is 26.8. The first-order valence-electron chi connectivity index (χ1n) is 11.2. The molecule has 3 aliphatic rings. The van der Waals surface area contributed by atoms with Gasteiger partial charge in [-0.3, -0.25) is 10.2 Å². The van der Waals surface area contributed by atoms with Crippen LogP contribution >= 0.6 is 12.2 Å². The van der Waals surface area contributed by atoms with Crippen LogP contribution in [0.4, 0.5) is 0 Å². The largest absolute Gasteiger partial charge is 0.504 e. The number of phenols is 1. The molecule has 8 nitrogen and oxygen atoms in total. The maximum absolute atomic E-state index is 12.6. The molecule has 1 aromatic carbocycles. The van der Waals surface area contributed by atoms with Gasteiger partial charge in [0.1, 0.15) is 0 Å². The molecule has 0 radical (unpaired) electrons. The van der Waals surface area contributed by atoms with Gasteiger partial charge < -0.3 is 14.7 Å². The van der Waals surface area contributed by atoms with Crippen molar-refractivity contribution in [3.8, 4) is 11.5 Å². The van der Waals surface area contributed by atoms with Gasteiger partial charge in [-0.1, -0.05) is 18.2 Å². The van der Waals surface area contributed by atoms with Crippen LogP contribution < -0.4 is 21.0 Å². The molecule has 0 unspecified atom stereocenters. The van der Waals surface area contributed by atoms with Gasteiger partial charge in [0.25, 0.3) is 0 Å². The number of carbonyl (C=O) groups is 1. The van der Waals surface area contributed by atoms with Crippen LogP contribution in [0.3, 0.4) is 0 Å². The molecule has 1 saturated carbocycles. The summed E-state index contributed by atoms with van der Waals surface area (Å²) in [6.07, 6.45) is 10.8. The van der Waals surface area contributed by atoms with Crippen molar-refractivity contribution < 1.29 is 14.6 Å². The molecule has 1 saturated heterocycles. The number of hydrogen-bond acceptors (Lipinski definition) is 6. The molecule has 0 spiro atoms. The van der Waals surface area contributed by atoms with Crippen molar-refractivity contribution in [3.05, 3.63) is 35.9 Å². The van der Waals surface area contributed by atoms with Crippen LogP contribution in [0.2, 0.25) is 0 Å². The maximum Gasteiger partial charge on any atom is 0.243 e. The van der Waals surface area contributed by atoms with Crippen LogP contribution in [0.1, 0.15) is 37.7 Å². The third-order valence-electron chi connectivity index (χ3n) is 6.66. The van der Waals surface area contributed by atoms with E-state index in [1.165, 1.54) is 19.7 Å². The minimum atomic E-state index is -0.123. The van der Waals surface area contributed by atoms with Crippen LogP contribution in [0.25, 0.3) is 0 Å². The number of fused-ring (bicyclic) bond motifs is 2. The molecule has 1 aliphatic heterocycles. The number of thiocarbonyl (C=S) groups is 1. The summed E-state index contributed by atoms with van der Waals surface area (Å²) in [4.78, 5) is 14.7. The minimum Gasteiger partial charge on any atom is -0.504 e. The molecule has 172 valence electrons. The molecule has 4 atom stereocenters.